The Hall–Kier alpha value is -2.40. The molecule has 1 unspecified atom stereocenters. The van der Waals surface area contributed by atoms with Gasteiger partial charge in [0.2, 0.25) is 0 Å². The van der Waals surface area contributed by atoms with E-state index in [4.69, 9.17) is 15.3 Å². The fourth-order valence-corrected chi connectivity index (χ4v) is 1.35. The molecular weight excluding hydrogens is 223 g/mol. The summed E-state index contributed by atoms with van der Waals surface area (Å²) < 4.78 is 17.8. The zero-order valence-electron chi connectivity index (χ0n) is 9.11. The number of esters is 1. The summed E-state index contributed by atoms with van der Waals surface area (Å²) in [4.78, 5) is 11.5. The van der Waals surface area contributed by atoms with Crippen molar-refractivity contribution in [3.8, 4) is 12.1 Å². The number of hydrogen-bond donors (Lipinski definition) is 0. The van der Waals surface area contributed by atoms with Gasteiger partial charge < -0.3 is 4.74 Å². The Bertz CT molecular complexity index is 514. The van der Waals surface area contributed by atoms with Gasteiger partial charge in [-0.1, -0.05) is 0 Å². The maximum atomic E-state index is 13.1. The number of hydrogen-bond acceptors (Lipinski definition) is 4. The highest BCUT2D eigenvalue weighted by Crippen LogP contribution is 2.22. The monoisotopic (exact) mass is 232 g/mol. The second-order valence-corrected chi connectivity index (χ2v) is 3.16. The van der Waals surface area contributed by atoms with E-state index >= 15 is 0 Å². The quantitative estimate of drug-likeness (QED) is 0.745. The summed E-state index contributed by atoms with van der Waals surface area (Å²) in [5, 5.41) is 17.7. The summed E-state index contributed by atoms with van der Waals surface area (Å²) in [5.41, 5.74) is 0.124. The molecule has 0 fully saturated rings. The van der Waals surface area contributed by atoms with Crippen LogP contribution in [0.25, 0.3) is 0 Å². The van der Waals surface area contributed by atoms with Crippen LogP contribution in [0.15, 0.2) is 18.2 Å². The number of ether oxygens (including phenoxy) is 1. The lowest BCUT2D eigenvalue weighted by molar-refractivity contribution is -0.143. The van der Waals surface area contributed by atoms with E-state index in [0.29, 0.717) is 0 Å². The van der Waals surface area contributed by atoms with Crippen LogP contribution in [-0.4, -0.2) is 12.6 Å². The van der Waals surface area contributed by atoms with Crippen molar-refractivity contribution in [1.29, 1.82) is 10.5 Å². The van der Waals surface area contributed by atoms with E-state index in [1.54, 1.807) is 13.0 Å². The van der Waals surface area contributed by atoms with Gasteiger partial charge in [0.1, 0.15) is 5.82 Å². The van der Waals surface area contributed by atoms with Crippen LogP contribution >= 0.6 is 0 Å². The molecule has 1 aromatic rings. The molecule has 5 heteroatoms. The Morgan fingerprint density at radius 2 is 2.24 bits per heavy atom. The lowest BCUT2D eigenvalue weighted by Gasteiger charge is -2.10. The number of carbonyl (C=O) groups excluding carboxylic acids is 1. The van der Waals surface area contributed by atoms with Gasteiger partial charge in [0.05, 0.1) is 24.3 Å². The molecule has 0 saturated carbocycles. The van der Waals surface area contributed by atoms with Crippen LogP contribution in [0.2, 0.25) is 0 Å². The first-order valence-electron chi connectivity index (χ1n) is 4.89. The van der Waals surface area contributed by atoms with Gasteiger partial charge in [-0.15, -0.1) is 0 Å². The number of carbonyl (C=O) groups is 1. The van der Waals surface area contributed by atoms with Crippen LogP contribution in [0.3, 0.4) is 0 Å². The van der Waals surface area contributed by atoms with Gasteiger partial charge in [-0.2, -0.15) is 10.5 Å². The van der Waals surface area contributed by atoms with Gasteiger partial charge in [-0.05, 0) is 25.1 Å². The molecule has 17 heavy (non-hydrogen) atoms. The van der Waals surface area contributed by atoms with Crippen LogP contribution in [0.1, 0.15) is 24.0 Å². The van der Waals surface area contributed by atoms with Crippen molar-refractivity contribution in [2.24, 2.45) is 0 Å². The van der Waals surface area contributed by atoms with Gasteiger partial charge in [-0.25, -0.2) is 4.39 Å². The minimum atomic E-state index is -1.28. The van der Waals surface area contributed by atoms with Crippen molar-refractivity contribution in [3.05, 3.63) is 35.1 Å². The van der Waals surface area contributed by atoms with Crippen molar-refractivity contribution in [2.75, 3.05) is 6.61 Å². The molecule has 1 rings (SSSR count). The number of benzene rings is 1. The van der Waals surface area contributed by atoms with Gasteiger partial charge in [0.25, 0.3) is 0 Å². The molecule has 0 aliphatic rings. The first kappa shape index (κ1) is 12.7. The van der Waals surface area contributed by atoms with Gasteiger partial charge in [-0.3, -0.25) is 4.79 Å². The Kier molecular flexibility index (Phi) is 4.19. The van der Waals surface area contributed by atoms with Crippen molar-refractivity contribution >= 4 is 5.97 Å². The molecule has 0 saturated heterocycles. The molecule has 0 aliphatic carbocycles. The topological polar surface area (TPSA) is 73.9 Å². The summed E-state index contributed by atoms with van der Waals surface area (Å²) in [6.07, 6.45) is 0. The Labute approximate surface area is 97.8 Å². The largest absolute Gasteiger partial charge is 0.465 e. The number of nitriles is 2. The molecule has 0 bridgehead atoms. The molecule has 0 N–H and O–H groups in total. The lowest BCUT2D eigenvalue weighted by atomic mass is 9.96. The zero-order valence-corrected chi connectivity index (χ0v) is 9.11. The Balaban J connectivity index is 3.21. The molecule has 0 spiro atoms. The van der Waals surface area contributed by atoms with Crippen molar-refractivity contribution in [2.45, 2.75) is 12.8 Å². The standard InChI is InChI=1S/C12H9FN2O2/c1-2-17-12(16)11(7-15)10-5-9(13)4-3-8(10)6-14/h3-5,11H,2H2,1H3. The normalized spacial score (nSPS) is 11.1. The summed E-state index contributed by atoms with van der Waals surface area (Å²) in [6.45, 7) is 1.72. The summed E-state index contributed by atoms with van der Waals surface area (Å²) >= 11 is 0. The molecule has 86 valence electrons. The minimum Gasteiger partial charge on any atom is -0.465 e. The SMILES string of the molecule is CCOC(=O)C(C#N)c1cc(F)ccc1C#N. The third-order valence-electron chi connectivity index (χ3n) is 2.10. The summed E-state index contributed by atoms with van der Waals surface area (Å²) in [7, 11) is 0. The Morgan fingerprint density at radius 3 is 2.76 bits per heavy atom. The van der Waals surface area contributed by atoms with E-state index in [1.165, 1.54) is 6.07 Å². The minimum absolute atomic E-state index is 0.0356. The van der Waals surface area contributed by atoms with E-state index in [0.717, 1.165) is 12.1 Å². The fourth-order valence-electron chi connectivity index (χ4n) is 1.35. The second kappa shape index (κ2) is 5.62. The number of nitrogens with zero attached hydrogens (tertiary/aromatic N) is 2. The zero-order chi connectivity index (χ0) is 12.8. The van der Waals surface area contributed by atoms with E-state index in [-0.39, 0.29) is 17.7 Å². The molecule has 0 aromatic heterocycles. The van der Waals surface area contributed by atoms with E-state index < -0.39 is 17.7 Å². The molecule has 1 atom stereocenters. The average Bonchev–Trinajstić information content (AvgIpc) is 2.31. The molecule has 0 heterocycles. The molecule has 0 aliphatic heterocycles. The van der Waals surface area contributed by atoms with Crippen LogP contribution in [0.5, 0.6) is 0 Å². The third kappa shape index (κ3) is 2.79. The van der Waals surface area contributed by atoms with E-state index in [2.05, 4.69) is 0 Å². The highest BCUT2D eigenvalue weighted by molar-refractivity contribution is 5.82. The van der Waals surface area contributed by atoms with E-state index in [9.17, 15) is 9.18 Å². The second-order valence-electron chi connectivity index (χ2n) is 3.16. The van der Waals surface area contributed by atoms with Gasteiger partial charge in [0, 0.05) is 5.56 Å². The summed E-state index contributed by atoms with van der Waals surface area (Å²) in [6, 6.07) is 6.85. The highest BCUT2D eigenvalue weighted by Gasteiger charge is 2.24. The first-order valence-corrected chi connectivity index (χ1v) is 4.89. The number of halogens is 1. The Morgan fingerprint density at radius 1 is 1.53 bits per heavy atom. The maximum Gasteiger partial charge on any atom is 0.327 e. The van der Waals surface area contributed by atoms with Gasteiger partial charge >= 0.3 is 5.97 Å². The van der Waals surface area contributed by atoms with Crippen molar-refractivity contribution < 1.29 is 13.9 Å². The predicted octanol–water partition coefficient (Wildman–Crippen LogP) is 1.87. The smallest absolute Gasteiger partial charge is 0.327 e. The number of rotatable bonds is 3. The van der Waals surface area contributed by atoms with Crippen LogP contribution in [0, 0.1) is 28.5 Å². The lowest BCUT2D eigenvalue weighted by Crippen LogP contribution is -2.15. The predicted molar refractivity (Wildman–Crippen MR) is 56.1 cm³/mol. The highest BCUT2D eigenvalue weighted by atomic mass is 19.1. The molecule has 0 amide bonds. The van der Waals surface area contributed by atoms with Crippen molar-refractivity contribution in [3.63, 3.8) is 0 Å². The van der Waals surface area contributed by atoms with Crippen LogP contribution in [-0.2, 0) is 9.53 Å². The third-order valence-corrected chi connectivity index (χ3v) is 2.10. The molecule has 0 radical (unpaired) electrons. The van der Waals surface area contributed by atoms with Crippen LogP contribution < -0.4 is 0 Å². The maximum absolute atomic E-state index is 13.1. The molecule has 1 aromatic carbocycles. The average molecular weight is 232 g/mol. The fraction of sp³-hybridized carbons (Fsp3) is 0.250. The van der Waals surface area contributed by atoms with Crippen LogP contribution in [0.4, 0.5) is 4.39 Å². The van der Waals surface area contributed by atoms with E-state index in [1.807, 2.05) is 6.07 Å². The molecular formula is C12H9FN2O2. The van der Waals surface area contributed by atoms with Gasteiger partial charge in [0.15, 0.2) is 5.92 Å². The first-order chi connectivity index (χ1) is 8.13. The van der Waals surface area contributed by atoms with Crippen molar-refractivity contribution in [1.82, 2.24) is 0 Å². The summed E-state index contributed by atoms with van der Waals surface area (Å²) in [5.74, 6) is -2.67. The molecule has 4 nitrogen and oxygen atoms in total.